The van der Waals surface area contributed by atoms with Gasteiger partial charge in [-0.25, -0.2) is 0 Å². The summed E-state index contributed by atoms with van der Waals surface area (Å²) in [4.78, 5) is 40.0. The molecule has 11 heteroatoms. The minimum atomic E-state index is -0.543. The van der Waals surface area contributed by atoms with E-state index in [1.165, 1.54) is 17.8 Å². The molecule has 46 heavy (non-hydrogen) atoms. The second-order valence-electron chi connectivity index (χ2n) is 9.94. The molecule has 4 aromatic carbocycles. The number of anilines is 2. The van der Waals surface area contributed by atoms with Gasteiger partial charge in [-0.3, -0.25) is 14.4 Å². The first-order chi connectivity index (χ1) is 22.1. The normalized spacial score (nSPS) is 11.9. The van der Waals surface area contributed by atoms with Gasteiger partial charge in [0.1, 0.15) is 17.2 Å². The number of thioether (sulfide) groups is 1. The summed E-state index contributed by atoms with van der Waals surface area (Å²) in [7, 11) is 0. The number of nitrogens with one attached hydrogen (secondary N) is 3. The number of hydrogen-bond acceptors (Lipinski definition) is 5. The summed E-state index contributed by atoms with van der Waals surface area (Å²) >= 11 is 16.9. The minimum Gasteiger partial charge on any atom is -0.457 e. The standard InChI is InChI=1S/C35H26BrCl2N3O4S/c1-21(33(42)40-30-17-11-25(37)19-29(30)38)46-28-15-12-26(13-16-28)39-35(44)31(41-34(43)23-5-3-2-4-6-23)20-27-14-18-32(45-27)22-7-9-24(36)10-8-22/h2-21H,1H3,(H,39,44)(H,40,42)(H,41,43)/b31-20-/t21-/m1/s1. The van der Waals surface area contributed by atoms with E-state index in [9.17, 15) is 14.4 Å². The molecule has 0 radical (unpaired) electrons. The smallest absolute Gasteiger partial charge is 0.272 e. The van der Waals surface area contributed by atoms with E-state index in [2.05, 4.69) is 31.9 Å². The van der Waals surface area contributed by atoms with Gasteiger partial charge in [-0.2, -0.15) is 0 Å². The Hall–Kier alpha value is -4.28. The van der Waals surface area contributed by atoms with Crippen molar-refractivity contribution in [3.8, 4) is 11.3 Å². The number of hydrogen-bond donors (Lipinski definition) is 3. The summed E-state index contributed by atoms with van der Waals surface area (Å²) < 4.78 is 6.92. The van der Waals surface area contributed by atoms with Crippen molar-refractivity contribution < 1.29 is 18.8 Å². The first-order valence-corrected chi connectivity index (χ1v) is 16.4. The van der Waals surface area contributed by atoms with Crippen LogP contribution in [0.25, 0.3) is 17.4 Å². The molecule has 0 aliphatic heterocycles. The van der Waals surface area contributed by atoms with Gasteiger partial charge in [-0.1, -0.05) is 69.5 Å². The SMILES string of the molecule is C[C@@H](Sc1ccc(NC(=O)/C(=C/c2ccc(-c3ccc(Br)cc3)o2)NC(=O)c2ccccc2)cc1)C(=O)Nc1ccc(Cl)cc1Cl. The van der Waals surface area contributed by atoms with Gasteiger partial charge in [0.05, 0.1) is 16.0 Å². The van der Waals surface area contributed by atoms with Gasteiger partial charge in [-0.05, 0) is 85.8 Å². The molecule has 0 aliphatic carbocycles. The summed E-state index contributed by atoms with van der Waals surface area (Å²) in [6.07, 6.45) is 1.48. The van der Waals surface area contributed by atoms with Crippen LogP contribution in [-0.4, -0.2) is 23.0 Å². The van der Waals surface area contributed by atoms with E-state index in [0.29, 0.717) is 38.5 Å². The fraction of sp³-hybridized carbons (Fsp3) is 0.0571. The fourth-order valence-electron chi connectivity index (χ4n) is 4.18. The molecule has 3 N–H and O–H groups in total. The summed E-state index contributed by atoms with van der Waals surface area (Å²) in [5.41, 5.74) is 2.23. The van der Waals surface area contributed by atoms with Gasteiger partial charge in [0, 0.05) is 37.3 Å². The Morgan fingerprint density at radius 3 is 2.26 bits per heavy atom. The maximum atomic E-state index is 13.5. The first kappa shape index (κ1) is 33.1. The molecule has 0 saturated carbocycles. The number of halogens is 3. The topological polar surface area (TPSA) is 100 Å². The summed E-state index contributed by atoms with van der Waals surface area (Å²) in [5.74, 6) is -0.216. The number of carbonyl (C=O) groups is 3. The first-order valence-electron chi connectivity index (χ1n) is 13.9. The van der Waals surface area contributed by atoms with E-state index in [1.807, 2.05) is 24.3 Å². The van der Waals surface area contributed by atoms with Crippen molar-refractivity contribution in [3.63, 3.8) is 0 Å². The minimum absolute atomic E-state index is 0.00448. The number of furan rings is 1. The summed E-state index contributed by atoms with van der Waals surface area (Å²) in [6, 6.07) is 31.6. The Balaban J connectivity index is 1.28. The number of rotatable bonds is 10. The molecule has 0 bridgehead atoms. The van der Waals surface area contributed by atoms with Crippen LogP contribution in [0.1, 0.15) is 23.0 Å². The van der Waals surface area contributed by atoms with Crippen molar-refractivity contribution in [2.24, 2.45) is 0 Å². The Morgan fingerprint density at radius 1 is 0.848 bits per heavy atom. The fourth-order valence-corrected chi connectivity index (χ4v) is 5.77. The molecule has 1 heterocycles. The van der Waals surface area contributed by atoms with Crippen LogP contribution in [-0.2, 0) is 9.59 Å². The van der Waals surface area contributed by atoms with Crippen LogP contribution < -0.4 is 16.0 Å². The highest BCUT2D eigenvalue weighted by atomic mass is 79.9. The van der Waals surface area contributed by atoms with E-state index in [0.717, 1.165) is 14.9 Å². The lowest BCUT2D eigenvalue weighted by atomic mass is 10.2. The van der Waals surface area contributed by atoms with Gasteiger partial charge >= 0.3 is 0 Å². The molecule has 5 rings (SSSR count). The zero-order chi connectivity index (χ0) is 32.6. The van der Waals surface area contributed by atoms with Crippen molar-refractivity contribution in [1.82, 2.24) is 5.32 Å². The predicted octanol–water partition coefficient (Wildman–Crippen LogP) is 9.54. The lowest BCUT2D eigenvalue weighted by Gasteiger charge is -2.14. The summed E-state index contributed by atoms with van der Waals surface area (Å²) in [5, 5.41) is 8.74. The third-order valence-corrected chi connectivity index (χ3v) is 8.74. The third-order valence-electron chi connectivity index (χ3n) is 6.55. The number of amides is 3. The molecule has 0 spiro atoms. The van der Waals surface area contributed by atoms with Crippen LogP contribution in [0, 0.1) is 0 Å². The van der Waals surface area contributed by atoms with E-state index < -0.39 is 17.1 Å². The van der Waals surface area contributed by atoms with Crippen LogP contribution >= 0.6 is 50.9 Å². The number of benzene rings is 4. The molecular formula is C35H26BrCl2N3O4S. The van der Waals surface area contributed by atoms with Crippen molar-refractivity contribution in [1.29, 1.82) is 0 Å². The molecule has 5 aromatic rings. The van der Waals surface area contributed by atoms with Crippen molar-refractivity contribution in [2.75, 3.05) is 10.6 Å². The lowest BCUT2D eigenvalue weighted by Crippen LogP contribution is -2.30. The molecule has 0 aliphatic rings. The molecule has 0 saturated heterocycles. The average Bonchev–Trinajstić information content (AvgIpc) is 3.52. The highest BCUT2D eigenvalue weighted by Crippen LogP contribution is 2.29. The van der Waals surface area contributed by atoms with Gasteiger partial charge in [0.25, 0.3) is 11.8 Å². The zero-order valence-electron chi connectivity index (χ0n) is 24.2. The lowest BCUT2D eigenvalue weighted by molar-refractivity contribution is -0.115. The largest absolute Gasteiger partial charge is 0.457 e. The molecule has 0 fully saturated rings. The molecular weight excluding hydrogens is 709 g/mol. The van der Waals surface area contributed by atoms with Gasteiger partial charge in [0.2, 0.25) is 5.91 Å². The second kappa shape index (κ2) is 15.3. The Bertz CT molecular complexity index is 1900. The van der Waals surface area contributed by atoms with Gasteiger partial charge in [0.15, 0.2) is 0 Å². The van der Waals surface area contributed by atoms with Crippen LogP contribution in [0.2, 0.25) is 10.0 Å². The van der Waals surface area contributed by atoms with Crippen LogP contribution in [0.15, 0.2) is 129 Å². The zero-order valence-corrected chi connectivity index (χ0v) is 28.1. The van der Waals surface area contributed by atoms with E-state index >= 15 is 0 Å². The Labute approximate surface area is 288 Å². The van der Waals surface area contributed by atoms with Crippen molar-refractivity contribution >= 4 is 86.1 Å². The Kier molecular flexibility index (Phi) is 11.0. The van der Waals surface area contributed by atoms with Crippen molar-refractivity contribution in [2.45, 2.75) is 17.1 Å². The predicted molar refractivity (Wildman–Crippen MR) is 189 cm³/mol. The van der Waals surface area contributed by atoms with Gasteiger partial charge in [-0.15, -0.1) is 11.8 Å². The second-order valence-corrected chi connectivity index (χ2v) is 13.1. The average molecular weight is 735 g/mol. The molecule has 0 unspecified atom stereocenters. The molecule has 232 valence electrons. The monoisotopic (exact) mass is 733 g/mol. The van der Waals surface area contributed by atoms with E-state index in [4.69, 9.17) is 27.6 Å². The van der Waals surface area contributed by atoms with E-state index in [-0.39, 0.29) is 11.6 Å². The quantitative estimate of drug-likeness (QED) is 0.0981. The summed E-state index contributed by atoms with van der Waals surface area (Å²) in [6.45, 7) is 1.78. The van der Waals surface area contributed by atoms with Crippen molar-refractivity contribution in [3.05, 3.63) is 141 Å². The molecule has 3 amide bonds. The van der Waals surface area contributed by atoms with Crippen LogP contribution in [0.5, 0.6) is 0 Å². The highest BCUT2D eigenvalue weighted by Gasteiger charge is 2.18. The van der Waals surface area contributed by atoms with Gasteiger partial charge < -0.3 is 20.4 Å². The molecule has 1 aromatic heterocycles. The maximum absolute atomic E-state index is 13.5. The highest BCUT2D eigenvalue weighted by molar-refractivity contribution is 9.10. The Morgan fingerprint density at radius 2 is 1.57 bits per heavy atom. The van der Waals surface area contributed by atoms with E-state index in [1.54, 1.807) is 91.9 Å². The van der Waals surface area contributed by atoms with Crippen LogP contribution in [0.4, 0.5) is 11.4 Å². The van der Waals surface area contributed by atoms with Crippen LogP contribution in [0.3, 0.4) is 0 Å². The maximum Gasteiger partial charge on any atom is 0.272 e. The number of carbonyl (C=O) groups excluding carboxylic acids is 3. The third kappa shape index (κ3) is 8.92. The molecule has 1 atom stereocenters. The molecule has 7 nitrogen and oxygen atoms in total.